The summed E-state index contributed by atoms with van der Waals surface area (Å²) in [6.07, 6.45) is 5.08. The summed E-state index contributed by atoms with van der Waals surface area (Å²) in [5, 5.41) is 11.6. The molecule has 1 amide bonds. The van der Waals surface area contributed by atoms with E-state index in [-0.39, 0.29) is 5.91 Å². The lowest BCUT2D eigenvalue weighted by Crippen LogP contribution is -2.41. The molecule has 0 aromatic heterocycles. The average Bonchev–Trinajstić information content (AvgIpc) is 2.84. The number of nitrogens with zero attached hydrogens (tertiary/aromatic N) is 1. The van der Waals surface area contributed by atoms with E-state index in [9.17, 15) is 9.59 Å². The van der Waals surface area contributed by atoms with Crippen molar-refractivity contribution in [2.75, 3.05) is 19.6 Å². The van der Waals surface area contributed by atoms with Gasteiger partial charge in [-0.3, -0.25) is 4.79 Å². The highest BCUT2D eigenvalue weighted by atomic mass is 16.4. The third-order valence-corrected chi connectivity index (χ3v) is 3.33. The Bertz CT molecular complexity index is 275. The Kier molecular flexibility index (Phi) is 6.72. The number of amides is 1. The molecule has 1 heterocycles. The Morgan fingerprint density at radius 3 is 2.56 bits per heavy atom. The molecular weight excluding hydrogens is 232 g/mol. The second kappa shape index (κ2) is 8.08. The third kappa shape index (κ3) is 5.49. The minimum atomic E-state index is -0.932. The van der Waals surface area contributed by atoms with E-state index in [0.29, 0.717) is 12.8 Å². The van der Waals surface area contributed by atoms with E-state index < -0.39 is 12.0 Å². The van der Waals surface area contributed by atoms with Crippen molar-refractivity contribution in [3.63, 3.8) is 0 Å². The number of rotatable bonds is 8. The predicted molar refractivity (Wildman–Crippen MR) is 69.4 cm³/mol. The summed E-state index contributed by atoms with van der Waals surface area (Å²) in [4.78, 5) is 24.9. The molecule has 1 aliphatic rings. The van der Waals surface area contributed by atoms with Crippen LogP contribution in [0.1, 0.15) is 45.4 Å². The number of carbonyl (C=O) groups excluding carboxylic acids is 1. The molecule has 18 heavy (non-hydrogen) atoms. The molecule has 1 atom stereocenters. The van der Waals surface area contributed by atoms with Crippen molar-refractivity contribution in [1.82, 2.24) is 10.2 Å². The number of aliphatic carboxylic acids is 1. The zero-order valence-electron chi connectivity index (χ0n) is 11.2. The Morgan fingerprint density at radius 2 is 2.00 bits per heavy atom. The quantitative estimate of drug-likeness (QED) is 0.685. The van der Waals surface area contributed by atoms with E-state index in [1.54, 1.807) is 0 Å². The summed E-state index contributed by atoms with van der Waals surface area (Å²) >= 11 is 0. The Hall–Kier alpha value is -1.10. The number of carboxylic acids is 1. The zero-order chi connectivity index (χ0) is 13.4. The highest BCUT2D eigenvalue weighted by Crippen LogP contribution is 2.07. The average molecular weight is 256 g/mol. The second-order valence-electron chi connectivity index (χ2n) is 4.90. The number of likely N-dealkylation sites (tertiary alicyclic amines) is 1. The van der Waals surface area contributed by atoms with Gasteiger partial charge in [-0.05, 0) is 32.4 Å². The summed E-state index contributed by atoms with van der Waals surface area (Å²) in [5.41, 5.74) is 0. The summed E-state index contributed by atoms with van der Waals surface area (Å²) in [5.74, 6) is -1.08. The van der Waals surface area contributed by atoms with Crippen molar-refractivity contribution in [2.45, 2.75) is 51.5 Å². The van der Waals surface area contributed by atoms with Gasteiger partial charge in [0.2, 0.25) is 5.91 Å². The fraction of sp³-hybridized carbons (Fsp3) is 0.846. The summed E-state index contributed by atoms with van der Waals surface area (Å²) < 4.78 is 0. The van der Waals surface area contributed by atoms with Crippen LogP contribution in [0.3, 0.4) is 0 Å². The lowest BCUT2D eigenvalue weighted by atomic mass is 10.1. The monoisotopic (exact) mass is 256 g/mol. The van der Waals surface area contributed by atoms with Crippen LogP contribution in [0.2, 0.25) is 0 Å². The molecule has 1 aliphatic heterocycles. The molecule has 2 N–H and O–H groups in total. The van der Waals surface area contributed by atoms with Crippen LogP contribution in [0.15, 0.2) is 0 Å². The molecule has 104 valence electrons. The fourth-order valence-electron chi connectivity index (χ4n) is 2.20. The van der Waals surface area contributed by atoms with E-state index >= 15 is 0 Å². The van der Waals surface area contributed by atoms with Crippen molar-refractivity contribution in [3.8, 4) is 0 Å². The van der Waals surface area contributed by atoms with Crippen LogP contribution in [0.5, 0.6) is 0 Å². The smallest absolute Gasteiger partial charge is 0.326 e. The molecule has 5 nitrogen and oxygen atoms in total. The van der Waals surface area contributed by atoms with E-state index in [4.69, 9.17) is 5.11 Å². The Morgan fingerprint density at radius 1 is 1.33 bits per heavy atom. The normalized spacial score (nSPS) is 17.6. The van der Waals surface area contributed by atoms with Gasteiger partial charge < -0.3 is 15.3 Å². The predicted octanol–water partition coefficient (Wildman–Crippen LogP) is 1.23. The molecule has 0 unspecified atom stereocenters. The molecule has 0 saturated carbocycles. The maximum atomic E-state index is 11.7. The maximum absolute atomic E-state index is 11.7. The van der Waals surface area contributed by atoms with Crippen molar-refractivity contribution in [1.29, 1.82) is 0 Å². The van der Waals surface area contributed by atoms with Gasteiger partial charge in [0.1, 0.15) is 6.04 Å². The summed E-state index contributed by atoms with van der Waals surface area (Å²) in [6, 6.07) is -0.726. The van der Waals surface area contributed by atoms with Crippen LogP contribution in [-0.4, -0.2) is 47.6 Å². The topological polar surface area (TPSA) is 69.6 Å². The number of carbonyl (C=O) groups is 2. The van der Waals surface area contributed by atoms with Crippen LogP contribution in [-0.2, 0) is 9.59 Å². The van der Waals surface area contributed by atoms with Crippen molar-refractivity contribution >= 4 is 11.9 Å². The lowest BCUT2D eigenvalue weighted by Gasteiger charge is -2.17. The van der Waals surface area contributed by atoms with Gasteiger partial charge in [0.25, 0.3) is 0 Å². The van der Waals surface area contributed by atoms with Gasteiger partial charge in [-0.25, -0.2) is 4.79 Å². The molecule has 1 saturated heterocycles. The summed E-state index contributed by atoms with van der Waals surface area (Å²) in [6.45, 7) is 4.87. The summed E-state index contributed by atoms with van der Waals surface area (Å²) in [7, 11) is 0. The molecule has 1 rings (SSSR count). The van der Waals surface area contributed by atoms with E-state index in [0.717, 1.165) is 32.5 Å². The minimum absolute atomic E-state index is 0.148. The first kappa shape index (κ1) is 15.0. The van der Waals surface area contributed by atoms with E-state index in [1.807, 2.05) is 6.92 Å². The number of nitrogens with one attached hydrogen (secondary N) is 1. The van der Waals surface area contributed by atoms with Crippen LogP contribution >= 0.6 is 0 Å². The fourth-order valence-corrected chi connectivity index (χ4v) is 2.20. The molecular formula is C13H24N2O3. The van der Waals surface area contributed by atoms with E-state index in [2.05, 4.69) is 10.2 Å². The highest BCUT2D eigenvalue weighted by molar-refractivity contribution is 5.83. The maximum Gasteiger partial charge on any atom is 0.326 e. The van der Waals surface area contributed by atoms with Crippen molar-refractivity contribution in [2.24, 2.45) is 0 Å². The zero-order valence-corrected chi connectivity index (χ0v) is 11.2. The SMILES string of the molecule is CCCC[C@H](NC(=O)CCN1CCCC1)C(=O)O. The molecule has 0 aromatic rings. The van der Waals surface area contributed by atoms with Crippen molar-refractivity contribution in [3.05, 3.63) is 0 Å². The van der Waals surface area contributed by atoms with Gasteiger partial charge in [-0.15, -0.1) is 0 Å². The van der Waals surface area contributed by atoms with Gasteiger partial charge in [-0.1, -0.05) is 19.8 Å². The third-order valence-electron chi connectivity index (χ3n) is 3.33. The molecule has 0 bridgehead atoms. The molecule has 5 heteroatoms. The first-order chi connectivity index (χ1) is 8.63. The van der Waals surface area contributed by atoms with Crippen LogP contribution < -0.4 is 5.32 Å². The lowest BCUT2D eigenvalue weighted by molar-refractivity contribution is -0.142. The molecule has 0 radical (unpaired) electrons. The standard InChI is InChI=1S/C13H24N2O3/c1-2-3-6-11(13(17)18)14-12(16)7-10-15-8-4-5-9-15/h11H,2-10H2,1H3,(H,14,16)(H,17,18)/t11-/m0/s1. The molecule has 1 fully saturated rings. The minimum Gasteiger partial charge on any atom is -0.480 e. The highest BCUT2D eigenvalue weighted by Gasteiger charge is 2.20. The first-order valence-corrected chi connectivity index (χ1v) is 6.88. The van der Waals surface area contributed by atoms with Gasteiger partial charge in [0.15, 0.2) is 0 Å². The van der Waals surface area contributed by atoms with Gasteiger partial charge >= 0.3 is 5.97 Å². The van der Waals surface area contributed by atoms with Crippen molar-refractivity contribution < 1.29 is 14.7 Å². The first-order valence-electron chi connectivity index (χ1n) is 6.88. The van der Waals surface area contributed by atoms with E-state index in [1.165, 1.54) is 12.8 Å². The second-order valence-corrected chi connectivity index (χ2v) is 4.90. The van der Waals surface area contributed by atoms with Gasteiger partial charge in [0.05, 0.1) is 0 Å². The van der Waals surface area contributed by atoms with Crippen LogP contribution in [0, 0.1) is 0 Å². The van der Waals surface area contributed by atoms with Gasteiger partial charge in [-0.2, -0.15) is 0 Å². The number of carboxylic acid groups (broad SMARTS) is 1. The number of hydrogen-bond donors (Lipinski definition) is 2. The molecule has 0 spiro atoms. The molecule has 0 aliphatic carbocycles. The molecule has 0 aromatic carbocycles. The van der Waals surface area contributed by atoms with Crippen LogP contribution in [0.25, 0.3) is 0 Å². The van der Waals surface area contributed by atoms with Gasteiger partial charge in [0, 0.05) is 13.0 Å². The van der Waals surface area contributed by atoms with Crippen LogP contribution in [0.4, 0.5) is 0 Å². The largest absolute Gasteiger partial charge is 0.480 e. The Labute approximate surface area is 109 Å². The number of hydrogen-bond acceptors (Lipinski definition) is 3. The Balaban J connectivity index is 2.24. The number of unbranched alkanes of at least 4 members (excludes halogenated alkanes) is 1.